The Morgan fingerprint density at radius 1 is 0.400 bits per heavy atom. The molecule has 1 aliphatic carbocycles. The molecule has 0 radical (unpaired) electrons. The average molecular weight is 1020 g/mol. The van der Waals surface area contributed by atoms with Crippen LogP contribution in [0.1, 0.15) is 296 Å². The summed E-state index contributed by atoms with van der Waals surface area (Å²) in [7, 11) is -5.02. The maximum absolute atomic E-state index is 12.9. The van der Waals surface area contributed by atoms with Gasteiger partial charge in [0.05, 0.1) is 13.2 Å². The molecule has 6 unspecified atom stereocenters. The standard InChI is InChI=1S/C57H113O12P/c1-3-5-7-9-11-13-15-17-19-21-23-25-26-27-28-30-32-34-36-38-40-42-44-46-51(58)68-50(49-67-70(64,65)69-57-55(62)53(60)52(59)54(61)56(57)63)48-66-47-45-43-41-39-37-35-33-31-29-24-22-20-18-16-14-12-10-8-6-4-2/h50,52-57,59-63H,3-49H2,1-2H3,(H,64,65)/t50-,52?,53-,54?,55?,56?,57?/m1/s1. The van der Waals surface area contributed by atoms with Crippen LogP contribution in [-0.2, 0) is 27.9 Å². The van der Waals surface area contributed by atoms with Gasteiger partial charge in [-0.25, -0.2) is 4.57 Å². The van der Waals surface area contributed by atoms with Gasteiger partial charge in [0.15, 0.2) is 0 Å². The first-order valence-electron chi connectivity index (χ1n) is 29.9. The molecule has 1 fully saturated rings. The van der Waals surface area contributed by atoms with Crippen LogP contribution < -0.4 is 0 Å². The third kappa shape index (κ3) is 38.9. The number of aliphatic hydroxyl groups is 5. The van der Waals surface area contributed by atoms with E-state index in [2.05, 4.69) is 13.8 Å². The number of hydrogen-bond donors (Lipinski definition) is 6. The van der Waals surface area contributed by atoms with E-state index in [-0.39, 0.29) is 13.0 Å². The zero-order chi connectivity index (χ0) is 51.2. The maximum atomic E-state index is 12.9. The largest absolute Gasteiger partial charge is 0.472 e. The Morgan fingerprint density at radius 2 is 0.671 bits per heavy atom. The minimum atomic E-state index is -5.02. The number of esters is 1. The van der Waals surface area contributed by atoms with Crippen molar-refractivity contribution < 1.29 is 58.3 Å². The second-order valence-corrected chi connectivity index (χ2v) is 22.6. The molecule has 0 heterocycles. The van der Waals surface area contributed by atoms with Gasteiger partial charge in [0.1, 0.15) is 42.7 Å². The SMILES string of the molecule is CCCCCCCCCCCCCCCCCCCCCCCCCC(=O)O[C@H](COCCCCCCCCCCCCCCCCCCCCCC)COP(=O)(O)OC1C(O)C(O)C(O)[C@@H](O)C1O. The summed E-state index contributed by atoms with van der Waals surface area (Å²) in [5, 5.41) is 50.4. The van der Waals surface area contributed by atoms with Crippen molar-refractivity contribution in [3.05, 3.63) is 0 Å². The predicted octanol–water partition coefficient (Wildman–Crippen LogP) is 14.4. The summed E-state index contributed by atoms with van der Waals surface area (Å²) in [6.45, 7) is 4.35. The first-order valence-corrected chi connectivity index (χ1v) is 31.4. The fraction of sp³-hybridized carbons (Fsp3) is 0.982. The van der Waals surface area contributed by atoms with Crippen molar-refractivity contribution in [3.8, 4) is 0 Å². The van der Waals surface area contributed by atoms with Crippen LogP contribution in [0.5, 0.6) is 0 Å². The van der Waals surface area contributed by atoms with Crippen molar-refractivity contribution in [1.29, 1.82) is 0 Å². The molecule has 8 atom stereocenters. The van der Waals surface area contributed by atoms with Crippen LogP contribution in [-0.4, -0.2) is 98.9 Å². The van der Waals surface area contributed by atoms with E-state index in [0.29, 0.717) is 13.0 Å². The molecular weight excluding hydrogens is 908 g/mol. The number of aliphatic hydroxyl groups excluding tert-OH is 5. The Kier molecular flexibility index (Phi) is 46.2. The molecule has 1 aliphatic rings. The minimum absolute atomic E-state index is 0.0669. The smallest absolute Gasteiger partial charge is 0.457 e. The third-order valence-corrected chi connectivity index (χ3v) is 15.5. The summed E-state index contributed by atoms with van der Waals surface area (Å²) >= 11 is 0. The monoisotopic (exact) mass is 1020 g/mol. The van der Waals surface area contributed by atoms with Crippen LogP contribution in [0.3, 0.4) is 0 Å². The van der Waals surface area contributed by atoms with Crippen molar-refractivity contribution in [2.45, 2.75) is 339 Å². The van der Waals surface area contributed by atoms with E-state index in [1.54, 1.807) is 0 Å². The van der Waals surface area contributed by atoms with E-state index in [0.717, 1.165) is 38.5 Å². The molecule has 13 heteroatoms. The second-order valence-electron chi connectivity index (χ2n) is 21.2. The summed E-state index contributed by atoms with van der Waals surface area (Å²) < 4.78 is 34.5. The van der Waals surface area contributed by atoms with E-state index in [1.807, 2.05) is 0 Å². The van der Waals surface area contributed by atoms with Crippen molar-refractivity contribution >= 4 is 13.8 Å². The van der Waals surface area contributed by atoms with Crippen LogP contribution in [0, 0.1) is 0 Å². The van der Waals surface area contributed by atoms with Crippen LogP contribution in [0.25, 0.3) is 0 Å². The topological polar surface area (TPSA) is 192 Å². The lowest BCUT2D eigenvalue weighted by molar-refractivity contribution is -0.220. The normalized spacial score (nSPS) is 20.7. The van der Waals surface area contributed by atoms with E-state index in [4.69, 9.17) is 18.5 Å². The lowest BCUT2D eigenvalue weighted by Gasteiger charge is -2.41. The molecule has 0 aromatic heterocycles. The third-order valence-electron chi connectivity index (χ3n) is 14.5. The lowest BCUT2D eigenvalue weighted by Crippen LogP contribution is -2.64. The maximum Gasteiger partial charge on any atom is 0.472 e. The van der Waals surface area contributed by atoms with E-state index in [1.165, 1.54) is 231 Å². The molecular formula is C57H113O12P. The average Bonchev–Trinajstić information content (AvgIpc) is 3.35. The molecule has 0 spiro atoms. The number of ether oxygens (including phenoxy) is 2. The van der Waals surface area contributed by atoms with E-state index < -0.39 is 63.1 Å². The number of phosphoric ester groups is 1. The van der Waals surface area contributed by atoms with Crippen LogP contribution in [0.4, 0.5) is 0 Å². The number of rotatable bonds is 53. The molecule has 1 saturated carbocycles. The van der Waals surface area contributed by atoms with Gasteiger partial charge in [-0.05, 0) is 12.8 Å². The lowest BCUT2D eigenvalue weighted by atomic mass is 9.85. The predicted molar refractivity (Wildman–Crippen MR) is 286 cm³/mol. The molecule has 0 aliphatic heterocycles. The van der Waals surface area contributed by atoms with Crippen LogP contribution in [0.15, 0.2) is 0 Å². The molecule has 0 amide bonds. The molecule has 12 nitrogen and oxygen atoms in total. The highest BCUT2D eigenvalue weighted by atomic mass is 31.2. The highest BCUT2D eigenvalue weighted by Gasteiger charge is 2.51. The zero-order valence-electron chi connectivity index (χ0n) is 45.4. The fourth-order valence-electron chi connectivity index (χ4n) is 9.77. The van der Waals surface area contributed by atoms with Crippen LogP contribution in [0.2, 0.25) is 0 Å². The van der Waals surface area contributed by atoms with E-state index >= 15 is 0 Å². The van der Waals surface area contributed by atoms with Gasteiger partial charge in [-0.15, -0.1) is 0 Å². The fourth-order valence-corrected chi connectivity index (χ4v) is 10.7. The highest BCUT2D eigenvalue weighted by Crippen LogP contribution is 2.47. The van der Waals surface area contributed by atoms with Gasteiger partial charge in [-0.2, -0.15) is 0 Å². The Morgan fingerprint density at radius 3 is 0.986 bits per heavy atom. The molecule has 1 rings (SSSR count). The molecule has 0 aromatic carbocycles. The molecule has 0 aromatic rings. The number of hydrogen-bond acceptors (Lipinski definition) is 11. The zero-order valence-corrected chi connectivity index (χ0v) is 46.2. The summed E-state index contributed by atoms with van der Waals surface area (Å²) in [4.78, 5) is 23.3. The van der Waals surface area contributed by atoms with Gasteiger partial charge in [0.25, 0.3) is 0 Å². The quantitative estimate of drug-likeness (QED) is 0.0192. The Bertz CT molecular complexity index is 1160. The number of unbranched alkanes of at least 4 members (excludes halogenated alkanes) is 41. The molecule has 6 N–H and O–H groups in total. The van der Waals surface area contributed by atoms with Crippen molar-refractivity contribution in [2.75, 3.05) is 19.8 Å². The first-order chi connectivity index (χ1) is 34.0. The highest BCUT2D eigenvalue weighted by molar-refractivity contribution is 7.47. The Hall–Kier alpha value is -0.660. The van der Waals surface area contributed by atoms with Gasteiger partial charge in [-0.1, -0.05) is 277 Å². The van der Waals surface area contributed by atoms with Gasteiger partial charge < -0.3 is 39.9 Å². The molecule has 70 heavy (non-hydrogen) atoms. The van der Waals surface area contributed by atoms with Gasteiger partial charge in [-0.3, -0.25) is 13.8 Å². The summed E-state index contributed by atoms with van der Waals surface area (Å²) in [5.41, 5.74) is 0. The number of carbonyl (C=O) groups is 1. The van der Waals surface area contributed by atoms with Crippen molar-refractivity contribution in [1.82, 2.24) is 0 Å². The first kappa shape index (κ1) is 67.4. The van der Waals surface area contributed by atoms with Gasteiger partial charge >= 0.3 is 13.8 Å². The summed E-state index contributed by atoms with van der Waals surface area (Å²) in [6, 6.07) is 0. The molecule has 0 saturated heterocycles. The summed E-state index contributed by atoms with van der Waals surface area (Å²) in [6.07, 6.45) is 43.2. The van der Waals surface area contributed by atoms with Crippen molar-refractivity contribution in [2.24, 2.45) is 0 Å². The number of carbonyl (C=O) groups excluding carboxylic acids is 1. The van der Waals surface area contributed by atoms with Gasteiger partial charge in [0.2, 0.25) is 0 Å². The Balaban J connectivity index is 2.24. The molecule has 418 valence electrons. The van der Waals surface area contributed by atoms with Gasteiger partial charge in [0, 0.05) is 13.0 Å². The van der Waals surface area contributed by atoms with Crippen molar-refractivity contribution in [3.63, 3.8) is 0 Å². The summed E-state index contributed by atoms with van der Waals surface area (Å²) in [5.74, 6) is -0.466. The number of phosphoric acid groups is 1. The Labute approximate surface area is 429 Å². The van der Waals surface area contributed by atoms with E-state index in [9.17, 15) is 39.8 Å². The minimum Gasteiger partial charge on any atom is -0.457 e. The second kappa shape index (κ2) is 48.0. The van der Waals surface area contributed by atoms with Crippen LogP contribution >= 0.6 is 7.82 Å². The molecule has 0 bridgehead atoms.